The topological polar surface area (TPSA) is 117 Å². The molecule has 2 aliphatic rings. The van der Waals surface area contributed by atoms with Gasteiger partial charge in [0.25, 0.3) is 5.56 Å². The zero-order chi connectivity index (χ0) is 22.6. The number of nitrogens with two attached hydrogens (primary N) is 2. The first-order valence-electron chi connectivity index (χ1n) is 10.6. The molecule has 3 aromatic heterocycles. The van der Waals surface area contributed by atoms with E-state index < -0.39 is 0 Å². The van der Waals surface area contributed by atoms with Gasteiger partial charge in [-0.15, -0.1) is 0 Å². The average molecular weight is 476 g/mol. The van der Waals surface area contributed by atoms with Crippen molar-refractivity contribution in [1.82, 2.24) is 19.2 Å². The van der Waals surface area contributed by atoms with Gasteiger partial charge in [0.2, 0.25) is 5.95 Å². The van der Waals surface area contributed by atoms with Crippen LogP contribution in [-0.2, 0) is 11.8 Å². The number of piperidine rings is 1. The van der Waals surface area contributed by atoms with Crippen molar-refractivity contribution in [3.05, 3.63) is 39.9 Å². The number of hydrogen-bond acceptors (Lipinski definition) is 8. The van der Waals surface area contributed by atoms with Gasteiger partial charge in [0, 0.05) is 42.7 Å². The minimum absolute atomic E-state index is 0.000812. The maximum Gasteiger partial charge on any atom is 0.270 e. The van der Waals surface area contributed by atoms with Gasteiger partial charge in [-0.3, -0.25) is 9.36 Å². The number of rotatable bonds is 3. The Bertz CT molecular complexity index is 1230. The van der Waals surface area contributed by atoms with Crippen LogP contribution in [0.5, 0.6) is 0 Å². The molecule has 3 aromatic rings. The lowest BCUT2D eigenvalue weighted by atomic mass is 9.73. The van der Waals surface area contributed by atoms with Gasteiger partial charge in [0.1, 0.15) is 10.7 Å². The Hall–Kier alpha value is -2.27. The van der Waals surface area contributed by atoms with Crippen LogP contribution in [0.15, 0.2) is 39.1 Å². The number of aromatic nitrogens is 4. The summed E-state index contributed by atoms with van der Waals surface area (Å²) in [5.41, 5.74) is 13.3. The summed E-state index contributed by atoms with van der Waals surface area (Å²) in [6, 6.07) is 3.67. The standard InChI is InChI=1S/C21H26ClN7O2S/c1-12-17(23)21(11-31-12)5-9-28(10-6-21)20-26-18(24)16(19(30)27(20)2)32-14-4-8-29-13(15(14)22)3-7-25-29/h3-4,7-8,12,17H,5-6,9-11,23-24H2,1-2H3/t12-,17+/m0/s1. The molecule has 0 saturated carbocycles. The van der Waals surface area contributed by atoms with E-state index in [1.165, 1.54) is 11.8 Å². The fourth-order valence-corrected chi connectivity index (χ4v) is 5.97. The van der Waals surface area contributed by atoms with E-state index in [0.29, 0.717) is 22.5 Å². The van der Waals surface area contributed by atoms with Crippen molar-refractivity contribution in [2.75, 3.05) is 30.3 Å². The SMILES string of the molecule is C[C@@H]1OCC2(CCN(c3nc(N)c(Sc4ccn5nccc5c4Cl)c(=O)n3C)CC2)[C@@H]1N. The number of fused-ring (bicyclic) bond motifs is 1. The zero-order valence-electron chi connectivity index (χ0n) is 18.0. The molecule has 170 valence electrons. The molecule has 0 aliphatic carbocycles. The van der Waals surface area contributed by atoms with E-state index in [4.69, 9.17) is 27.8 Å². The van der Waals surface area contributed by atoms with E-state index in [-0.39, 0.29) is 28.9 Å². The van der Waals surface area contributed by atoms with Crippen LogP contribution in [0.25, 0.3) is 5.52 Å². The zero-order valence-corrected chi connectivity index (χ0v) is 19.6. The second-order valence-electron chi connectivity index (χ2n) is 8.64. The third-order valence-electron chi connectivity index (χ3n) is 6.83. The van der Waals surface area contributed by atoms with Gasteiger partial charge in [-0.1, -0.05) is 23.4 Å². The lowest BCUT2D eigenvalue weighted by Gasteiger charge is -2.41. The van der Waals surface area contributed by atoms with Crippen LogP contribution in [0.3, 0.4) is 0 Å². The molecule has 2 aliphatic heterocycles. The van der Waals surface area contributed by atoms with Crippen LogP contribution in [0, 0.1) is 5.41 Å². The monoisotopic (exact) mass is 475 g/mol. The van der Waals surface area contributed by atoms with E-state index in [1.54, 1.807) is 28.5 Å². The third kappa shape index (κ3) is 3.37. The first-order chi connectivity index (χ1) is 15.3. The molecule has 0 bridgehead atoms. The van der Waals surface area contributed by atoms with Crippen LogP contribution in [0.1, 0.15) is 19.8 Å². The Morgan fingerprint density at radius 1 is 1.31 bits per heavy atom. The second kappa shape index (κ2) is 7.95. The summed E-state index contributed by atoms with van der Waals surface area (Å²) < 4.78 is 9.06. The smallest absolute Gasteiger partial charge is 0.270 e. The van der Waals surface area contributed by atoms with E-state index >= 15 is 0 Å². The number of nitrogen functional groups attached to an aromatic ring is 1. The van der Waals surface area contributed by atoms with Gasteiger partial charge >= 0.3 is 0 Å². The molecule has 32 heavy (non-hydrogen) atoms. The van der Waals surface area contributed by atoms with Crippen LogP contribution in [0.4, 0.5) is 11.8 Å². The van der Waals surface area contributed by atoms with Gasteiger partial charge in [-0.2, -0.15) is 10.1 Å². The predicted octanol–water partition coefficient (Wildman–Crippen LogP) is 2.15. The van der Waals surface area contributed by atoms with E-state index in [0.717, 1.165) is 36.3 Å². The van der Waals surface area contributed by atoms with Gasteiger partial charge in [0.05, 0.1) is 29.4 Å². The van der Waals surface area contributed by atoms with Gasteiger partial charge < -0.3 is 21.1 Å². The van der Waals surface area contributed by atoms with Gasteiger partial charge in [-0.05, 0) is 31.9 Å². The highest BCUT2D eigenvalue weighted by atomic mass is 35.5. The number of anilines is 2. The molecule has 0 amide bonds. The molecule has 0 radical (unpaired) electrons. The quantitative estimate of drug-likeness (QED) is 0.591. The normalized spacial score (nSPS) is 22.8. The third-order valence-corrected chi connectivity index (χ3v) is 8.49. The summed E-state index contributed by atoms with van der Waals surface area (Å²) in [6.07, 6.45) is 5.34. The summed E-state index contributed by atoms with van der Waals surface area (Å²) in [7, 11) is 1.73. The molecule has 2 saturated heterocycles. The van der Waals surface area contributed by atoms with Gasteiger partial charge in [-0.25, -0.2) is 4.52 Å². The van der Waals surface area contributed by atoms with Crippen molar-refractivity contribution < 1.29 is 4.74 Å². The van der Waals surface area contributed by atoms with Crippen molar-refractivity contribution in [2.45, 2.75) is 41.7 Å². The Morgan fingerprint density at radius 3 is 2.75 bits per heavy atom. The van der Waals surface area contributed by atoms with Crippen LogP contribution < -0.4 is 21.9 Å². The summed E-state index contributed by atoms with van der Waals surface area (Å²) in [4.78, 5) is 21.0. The molecule has 2 atom stereocenters. The van der Waals surface area contributed by atoms with E-state index in [1.807, 2.05) is 19.1 Å². The Morgan fingerprint density at radius 2 is 2.06 bits per heavy atom. The Labute approximate surface area is 194 Å². The second-order valence-corrected chi connectivity index (χ2v) is 10.1. The minimum atomic E-state index is -0.197. The number of nitrogens with zero attached hydrogens (tertiary/aromatic N) is 5. The molecule has 2 fully saturated rings. The lowest BCUT2D eigenvalue weighted by Crippen LogP contribution is -2.51. The van der Waals surface area contributed by atoms with Crippen molar-refractivity contribution in [2.24, 2.45) is 18.2 Å². The van der Waals surface area contributed by atoms with E-state index in [9.17, 15) is 4.79 Å². The molecule has 5 heterocycles. The maximum atomic E-state index is 13.2. The van der Waals surface area contributed by atoms with Crippen LogP contribution >= 0.6 is 23.4 Å². The van der Waals surface area contributed by atoms with Crippen LogP contribution in [0.2, 0.25) is 5.02 Å². The number of hydrogen-bond donors (Lipinski definition) is 2. The highest BCUT2D eigenvalue weighted by Crippen LogP contribution is 2.42. The number of ether oxygens (including phenoxy) is 1. The molecular formula is C21H26ClN7O2S. The summed E-state index contributed by atoms with van der Waals surface area (Å²) >= 11 is 7.76. The molecule has 5 rings (SSSR count). The molecule has 0 aromatic carbocycles. The number of pyridine rings is 1. The highest BCUT2D eigenvalue weighted by Gasteiger charge is 2.47. The van der Waals surface area contributed by atoms with Crippen molar-refractivity contribution in [3.63, 3.8) is 0 Å². The summed E-state index contributed by atoms with van der Waals surface area (Å²) in [5, 5.41) is 4.69. The van der Waals surface area contributed by atoms with Crippen LogP contribution in [-0.4, -0.2) is 51.0 Å². The molecule has 11 heteroatoms. The Kier molecular flexibility index (Phi) is 5.36. The lowest BCUT2D eigenvalue weighted by molar-refractivity contribution is 0.0973. The highest BCUT2D eigenvalue weighted by molar-refractivity contribution is 7.99. The Balaban J connectivity index is 1.41. The first-order valence-corrected chi connectivity index (χ1v) is 11.8. The van der Waals surface area contributed by atoms with Crippen molar-refractivity contribution in [3.8, 4) is 0 Å². The summed E-state index contributed by atoms with van der Waals surface area (Å²) in [5.74, 6) is 0.775. The minimum Gasteiger partial charge on any atom is -0.382 e. The molecule has 4 N–H and O–H groups in total. The van der Waals surface area contributed by atoms with Crippen molar-refractivity contribution in [1.29, 1.82) is 0 Å². The average Bonchev–Trinajstić information content (AvgIpc) is 3.38. The van der Waals surface area contributed by atoms with Gasteiger partial charge in [0.15, 0.2) is 0 Å². The predicted molar refractivity (Wildman–Crippen MR) is 125 cm³/mol. The fourth-order valence-electron chi connectivity index (χ4n) is 4.72. The van der Waals surface area contributed by atoms with Crippen molar-refractivity contribution >= 4 is 40.6 Å². The van der Waals surface area contributed by atoms with E-state index in [2.05, 4.69) is 15.0 Å². The summed E-state index contributed by atoms with van der Waals surface area (Å²) in [6.45, 7) is 4.22. The molecular weight excluding hydrogens is 450 g/mol. The largest absolute Gasteiger partial charge is 0.382 e. The maximum absolute atomic E-state index is 13.2. The fraction of sp³-hybridized carbons (Fsp3) is 0.476. The number of halogens is 1. The molecule has 9 nitrogen and oxygen atoms in total. The molecule has 0 unspecified atom stereocenters. The first kappa shape index (κ1) is 21.6. The molecule has 1 spiro atoms.